The molecule has 0 spiro atoms. The summed E-state index contributed by atoms with van der Waals surface area (Å²) in [6.07, 6.45) is -0.847. The molecule has 0 atom stereocenters. The Bertz CT molecular complexity index is 475. The molecular weight excluding hydrogens is 312 g/mol. The fourth-order valence-corrected chi connectivity index (χ4v) is 1.94. The maximum atomic E-state index is 12.1. The first-order valence-electron chi connectivity index (χ1n) is 5.80. The van der Waals surface area contributed by atoms with Crippen LogP contribution in [-0.2, 0) is 14.9 Å². The SMILES string of the molecule is CC(C)(C(=O)NCCOC(N)=O)c1cccc(Br)c1. The van der Waals surface area contributed by atoms with Crippen molar-refractivity contribution in [3.63, 3.8) is 0 Å². The second-order valence-electron chi connectivity index (χ2n) is 4.56. The summed E-state index contributed by atoms with van der Waals surface area (Å²) < 4.78 is 5.47. The number of nitrogens with two attached hydrogens (primary N) is 1. The van der Waals surface area contributed by atoms with Crippen molar-refractivity contribution in [2.45, 2.75) is 19.3 Å². The third-order valence-electron chi connectivity index (χ3n) is 2.75. The van der Waals surface area contributed by atoms with E-state index < -0.39 is 11.5 Å². The molecule has 0 radical (unpaired) electrons. The molecule has 0 bridgehead atoms. The molecule has 19 heavy (non-hydrogen) atoms. The van der Waals surface area contributed by atoms with Crippen LogP contribution in [0.1, 0.15) is 19.4 Å². The largest absolute Gasteiger partial charge is 0.448 e. The molecule has 0 aliphatic carbocycles. The highest BCUT2D eigenvalue weighted by Gasteiger charge is 2.29. The van der Waals surface area contributed by atoms with Gasteiger partial charge in [-0.15, -0.1) is 0 Å². The first-order chi connectivity index (χ1) is 8.84. The van der Waals surface area contributed by atoms with Crippen LogP contribution >= 0.6 is 15.9 Å². The summed E-state index contributed by atoms with van der Waals surface area (Å²) in [5.41, 5.74) is 5.05. The van der Waals surface area contributed by atoms with Crippen molar-refractivity contribution >= 4 is 27.9 Å². The summed E-state index contributed by atoms with van der Waals surface area (Å²) in [6, 6.07) is 7.58. The van der Waals surface area contributed by atoms with Crippen molar-refractivity contribution in [2.75, 3.05) is 13.2 Å². The molecule has 3 N–H and O–H groups in total. The van der Waals surface area contributed by atoms with Crippen LogP contribution in [0.5, 0.6) is 0 Å². The van der Waals surface area contributed by atoms with E-state index in [-0.39, 0.29) is 19.1 Å². The van der Waals surface area contributed by atoms with Gasteiger partial charge in [-0.25, -0.2) is 4.79 Å². The van der Waals surface area contributed by atoms with Gasteiger partial charge < -0.3 is 15.8 Å². The van der Waals surface area contributed by atoms with E-state index in [0.29, 0.717) is 0 Å². The number of halogens is 1. The van der Waals surface area contributed by atoms with E-state index in [1.165, 1.54) is 0 Å². The second-order valence-corrected chi connectivity index (χ2v) is 5.47. The summed E-state index contributed by atoms with van der Waals surface area (Å²) in [7, 11) is 0. The van der Waals surface area contributed by atoms with Crippen LogP contribution in [-0.4, -0.2) is 25.2 Å². The zero-order valence-electron chi connectivity index (χ0n) is 10.9. The number of benzene rings is 1. The number of carbonyl (C=O) groups is 2. The normalized spacial score (nSPS) is 10.9. The van der Waals surface area contributed by atoms with Crippen molar-refractivity contribution < 1.29 is 14.3 Å². The van der Waals surface area contributed by atoms with E-state index in [1.807, 2.05) is 38.1 Å². The number of carbonyl (C=O) groups excluding carboxylic acids is 2. The highest BCUT2D eigenvalue weighted by molar-refractivity contribution is 9.10. The van der Waals surface area contributed by atoms with Crippen LogP contribution in [0, 0.1) is 0 Å². The molecule has 0 aromatic heterocycles. The summed E-state index contributed by atoms with van der Waals surface area (Å²) >= 11 is 3.38. The van der Waals surface area contributed by atoms with Crippen molar-refractivity contribution in [3.05, 3.63) is 34.3 Å². The van der Waals surface area contributed by atoms with Crippen LogP contribution in [0.15, 0.2) is 28.7 Å². The van der Waals surface area contributed by atoms with Gasteiger partial charge >= 0.3 is 6.09 Å². The summed E-state index contributed by atoms with van der Waals surface area (Å²) in [4.78, 5) is 22.5. The van der Waals surface area contributed by atoms with Crippen LogP contribution in [0.3, 0.4) is 0 Å². The van der Waals surface area contributed by atoms with Crippen molar-refractivity contribution in [1.82, 2.24) is 5.32 Å². The Hall–Kier alpha value is -1.56. The monoisotopic (exact) mass is 328 g/mol. The van der Waals surface area contributed by atoms with Gasteiger partial charge in [-0.2, -0.15) is 0 Å². The maximum Gasteiger partial charge on any atom is 0.404 e. The highest BCUT2D eigenvalue weighted by atomic mass is 79.9. The third kappa shape index (κ3) is 4.55. The number of primary amides is 1. The van der Waals surface area contributed by atoms with E-state index in [0.717, 1.165) is 10.0 Å². The zero-order valence-corrected chi connectivity index (χ0v) is 12.5. The van der Waals surface area contributed by atoms with Gasteiger partial charge in [-0.05, 0) is 31.5 Å². The molecule has 1 aromatic rings. The Kier molecular flexibility index (Phi) is 5.35. The molecule has 0 aliphatic rings. The number of amides is 2. The van der Waals surface area contributed by atoms with Crippen LogP contribution in [0.2, 0.25) is 0 Å². The van der Waals surface area contributed by atoms with E-state index >= 15 is 0 Å². The van der Waals surface area contributed by atoms with Crippen LogP contribution in [0.25, 0.3) is 0 Å². The van der Waals surface area contributed by atoms with Gasteiger partial charge in [0.05, 0.1) is 12.0 Å². The predicted molar refractivity (Wildman–Crippen MR) is 75.7 cm³/mol. The molecule has 0 saturated heterocycles. The molecule has 0 unspecified atom stereocenters. The Morgan fingerprint density at radius 2 is 2.11 bits per heavy atom. The average molecular weight is 329 g/mol. The molecule has 0 aliphatic heterocycles. The molecule has 0 heterocycles. The molecule has 1 aromatic carbocycles. The molecule has 2 amide bonds. The van der Waals surface area contributed by atoms with Gasteiger partial charge in [0, 0.05) is 4.47 Å². The van der Waals surface area contributed by atoms with Crippen molar-refractivity contribution in [2.24, 2.45) is 5.73 Å². The van der Waals surface area contributed by atoms with Gasteiger partial charge in [0.2, 0.25) is 5.91 Å². The fraction of sp³-hybridized carbons (Fsp3) is 0.385. The van der Waals surface area contributed by atoms with Crippen LogP contribution < -0.4 is 11.1 Å². The second kappa shape index (κ2) is 6.56. The lowest BCUT2D eigenvalue weighted by Crippen LogP contribution is -2.41. The van der Waals surface area contributed by atoms with Crippen molar-refractivity contribution in [1.29, 1.82) is 0 Å². The third-order valence-corrected chi connectivity index (χ3v) is 3.24. The molecule has 104 valence electrons. The Balaban J connectivity index is 2.61. The average Bonchev–Trinajstić information content (AvgIpc) is 2.34. The maximum absolute atomic E-state index is 12.1. The van der Waals surface area contributed by atoms with E-state index in [2.05, 4.69) is 26.0 Å². The van der Waals surface area contributed by atoms with Gasteiger partial charge in [-0.3, -0.25) is 4.79 Å². The lowest BCUT2D eigenvalue weighted by molar-refractivity contribution is -0.125. The number of nitrogens with one attached hydrogen (secondary N) is 1. The Morgan fingerprint density at radius 3 is 2.68 bits per heavy atom. The van der Waals surface area contributed by atoms with Crippen LogP contribution in [0.4, 0.5) is 4.79 Å². The van der Waals surface area contributed by atoms with Gasteiger partial charge in [-0.1, -0.05) is 28.1 Å². The zero-order chi connectivity index (χ0) is 14.5. The van der Waals surface area contributed by atoms with Gasteiger partial charge in [0.15, 0.2) is 0 Å². The Morgan fingerprint density at radius 1 is 1.42 bits per heavy atom. The number of rotatable bonds is 5. The molecule has 5 nitrogen and oxygen atoms in total. The first kappa shape index (κ1) is 15.5. The van der Waals surface area contributed by atoms with E-state index in [9.17, 15) is 9.59 Å². The Labute approximate surface area is 120 Å². The summed E-state index contributed by atoms with van der Waals surface area (Å²) in [5.74, 6) is -0.140. The van der Waals surface area contributed by atoms with Gasteiger partial charge in [0.25, 0.3) is 0 Å². The minimum Gasteiger partial charge on any atom is -0.448 e. The number of ether oxygens (including phenoxy) is 1. The topological polar surface area (TPSA) is 81.4 Å². The molecule has 0 saturated carbocycles. The lowest BCUT2D eigenvalue weighted by atomic mass is 9.84. The molecule has 0 fully saturated rings. The van der Waals surface area contributed by atoms with Gasteiger partial charge in [0.1, 0.15) is 6.61 Å². The predicted octanol–water partition coefficient (Wildman–Crippen LogP) is 1.94. The standard InChI is InChI=1S/C13H17BrN2O3/c1-13(2,9-4-3-5-10(14)8-9)11(17)16-6-7-19-12(15)18/h3-5,8H,6-7H2,1-2H3,(H2,15,18)(H,16,17). The highest BCUT2D eigenvalue weighted by Crippen LogP contribution is 2.25. The molecular formula is C13H17BrN2O3. The lowest BCUT2D eigenvalue weighted by Gasteiger charge is -2.24. The molecule has 6 heteroatoms. The summed E-state index contributed by atoms with van der Waals surface area (Å²) in [5, 5.41) is 2.71. The minimum absolute atomic E-state index is 0.0651. The summed E-state index contributed by atoms with van der Waals surface area (Å²) in [6.45, 7) is 3.97. The minimum atomic E-state index is -0.847. The number of hydrogen-bond acceptors (Lipinski definition) is 3. The first-order valence-corrected chi connectivity index (χ1v) is 6.60. The van der Waals surface area contributed by atoms with Crippen molar-refractivity contribution in [3.8, 4) is 0 Å². The molecule has 1 rings (SSSR count). The van der Waals surface area contributed by atoms with E-state index in [4.69, 9.17) is 5.73 Å². The van der Waals surface area contributed by atoms with E-state index in [1.54, 1.807) is 0 Å². The fourth-order valence-electron chi connectivity index (χ4n) is 1.55. The number of hydrogen-bond donors (Lipinski definition) is 2. The smallest absolute Gasteiger partial charge is 0.404 e. The quantitative estimate of drug-likeness (QED) is 0.810.